The van der Waals surface area contributed by atoms with Crippen LogP contribution in [-0.4, -0.2) is 17.5 Å². The SMILES string of the molecule is CC[C@]12C[C@@H](C)C[C@](C)(C[C@@H](C)O1)O2. The standard InChI is InChI=1S/C12H22O2/c1-5-12-7-9(2)6-11(4,14-12)8-10(3)13-12/h9-10H,5-8H2,1-4H3/t9-,10+,11+,12-/m0/s1. The molecule has 4 atom stereocenters. The van der Waals surface area contributed by atoms with Gasteiger partial charge in [-0.25, -0.2) is 0 Å². The molecule has 0 spiro atoms. The maximum absolute atomic E-state index is 6.17. The predicted octanol–water partition coefficient (Wildman–Crippen LogP) is 3.11. The van der Waals surface area contributed by atoms with E-state index in [0.29, 0.717) is 6.10 Å². The molecule has 82 valence electrons. The largest absolute Gasteiger partial charge is 0.347 e. The van der Waals surface area contributed by atoms with Gasteiger partial charge in [-0.15, -0.1) is 0 Å². The van der Waals surface area contributed by atoms with E-state index in [1.807, 2.05) is 0 Å². The molecule has 0 saturated carbocycles. The smallest absolute Gasteiger partial charge is 0.169 e. The van der Waals surface area contributed by atoms with Gasteiger partial charge in [0.15, 0.2) is 5.79 Å². The lowest BCUT2D eigenvalue weighted by molar-refractivity contribution is -0.371. The van der Waals surface area contributed by atoms with Gasteiger partial charge in [0.2, 0.25) is 0 Å². The third-order valence-corrected chi connectivity index (χ3v) is 3.55. The molecular formula is C12H22O2. The van der Waals surface area contributed by atoms with E-state index < -0.39 is 0 Å². The van der Waals surface area contributed by atoms with Crippen LogP contribution in [0.1, 0.15) is 53.4 Å². The minimum atomic E-state index is -0.274. The first-order valence-corrected chi connectivity index (χ1v) is 5.85. The Bertz CT molecular complexity index is 210. The van der Waals surface area contributed by atoms with E-state index in [-0.39, 0.29) is 11.4 Å². The van der Waals surface area contributed by atoms with Crippen LogP contribution < -0.4 is 0 Å². The zero-order chi connectivity index (χ0) is 10.4. The van der Waals surface area contributed by atoms with Crippen LogP contribution in [0.2, 0.25) is 0 Å². The molecule has 2 heteroatoms. The van der Waals surface area contributed by atoms with E-state index in [0.717, 1.165) is 25.2 Å². The van der Waals surface area contributed by atoms with Crippen LogP contribution in [0.5, 0.6) is 0 Å². The van der Waals surface area contributed by atoms with Gasteiger partial charge in [0.1, 0.15) is 0 Å². The molecule has 0 aliphatic carbocycles. The molecule has 0 unspecified atom stereocenters. The molecule has 2 aliphatic heterocycles. The normalized spacial score (nSPS) is 53.1. The Balaban J connectivity index is 2.24. The Morgan fingerprint density at radius 3 is 2.57 bits per heavy atom. The Morgan fingerprint density at radius 1 is 1.21 bits per heavy atom. The predicted molar refractivity (Wildman–Crippen MR) is 56.1 cm³/mol. The molecule has 2 aliphatic rings. The minimum absolute atomic E-state index is 0.0609. The van der Waals surface area contributed by atoms with E-state index >= 15 is 0 Å². The molecule has 0 aromatic rings. The van der Waals surface area contributed by atoms with Crippen LogP contribution in [-0.2, 0) is 9.47 Å². The first-order chi connectivity index (χ1) is 6.47. The topological polar surface area (TPSA) is 18.5 Å². The molecule has 0 aromatic heterocycles. The molecule has 2 heterocycles. The summed E-state index contributed by atoms with van der Waals surface area (Å²) in [5.74, 6) is 0.450. The highest BCUT2D eigenvalue weighted by molar-refractivity contribution is 4.94. The first kappa shape index (κ1) is 10.4. The Labute approximate surface area is 87.0 Å². The molecule has 0 aromatic carbocycles. The number of hydrogen-bond acceptors (Lipinski definition) is 2. The van der Waals surface area contributed by atoms with Gasteiger partial charge in [-0.1, -0.05) is 13.8 Å². The number of fused-ring (bicyclic) bond motifs is 2. The molecule has 14 heavy (non-hydrogen) atoms. The summed E-state index contributed by atoms with van der Waals surface area (Å²) >= 11 is 0. The van der Waals surface area contributed by atoms with E-state index in [1.54, 1.807) is 0 Å². The van der Waals surface area contributed by atoms with Gasteiger partial charge in [0, 0.05) is 12.8 Å². The quantitative estimate of drug-likeness (QED) is 0.644. The summed E-state index contributed by atoms with van der Waals surface area (Å²) in [6.07, 6.45) is 4.60. The van der Waals surface area contributed by atoms with Crippen LogP contribution in [0, 0.1) is 5.92 Å². The van der Waals surface area contributed by atoms with Crippen LogP contribution in [0.25, 0.3) is 0 Å². The van der Waals surface area contributed by atoms with Crippen molar-refractivity contribution in [3.63, 3.8) is 0 Å². The zero-order valence-electron chi connectivity index (χ0n) is 9.80. The van der Waals surface area contributed by atoms with Gasteiger partial charge in [0.25, 0.3) is 0 Å². The molecule has 2 bridgehead atoms. The number of ether oxygens (including phenoxy) is 2. The van der Waals surface area contributed by atoms with E-state index in [4.69, 9.17) is 9.47 Å². The van der Waals surface area contributed by atoms with Crippen molar-refractivity contribution in [2.45, 2.75) is 70.9 Å². The second kappa shape index (κ2) is 3.21. The summed E-state index contributed by atoms with van der Waals surface area (Å²) in [5, 5.41) is 0. The molecule has 2 rings (SSSR count). The van der Waals surface area contributed by atoms with Gasteiger partial charge in [0.05, 0.1) is 11.7 Å². The van der Waals surface area contributed by atoms with Crippen molar-refractivity contribution in [3.8, 4) is 0 Å². The van der Waals surface area contributed by atoms with Crippen LogP contribution >= 0.6 is 0 Å². The summed E-state index contributed by atoms with van der Waals surface area (Å²) in [6.45, 7) is 8.88. The van der Waals surface area contributed by atoms with Crippen molar-refractivity contribution in [1.29, 1.82) is 0 Å². The highest BCUT2D eigenvalue weighted by atomic mass is 16.7. The van der Waals surface area contributed by atoms with Crippen molar-refractivity contribution in [3.05, 3.63) is 0 Å². The average molecular weight is 198 g/mol. The lowest BCUT2D eigenvalue weighted by Gasteiger charge is -2.54. The zero-order valence-corrected chi connectivity index (χ0v) is 9.80. The fraction of sp³-hybridized carbons (Fsp3) is 1.00. The van der Waals surface area contributed by atoms with E-state index in [1.165, 1.54) is 6.42 Å². The molecule has 2 saturated heterocycles. The van der Waals surface area contributed by atoms with Gasteiger partial charge >= 0.3 is 0 Å². The Kier molecular flexibility index (Phi) is 2.39. The molecule has 0 N–H and O–H groups in total. The van der Waals surface area contributed by atoms with Crippen molar-refractivity contribution in [2.24, 2.45) is 5.92 Å². The van der Waals surface area contributed by atoms with Crippen LogP contribution in [0.4, 0.5) is 0 Å². The van der Waals surface area contributed by atoms with Crippen LogP contribution in [0.15, 0.2) is 0 Å². The fourth-order valence-corrected chi connectivity index (χ4v) is 3.39. The minimum Gasteiger partial charge on any atom is -0.347 e. The monoisotopic (exact) mass is 198 g/mol. The van der Waals surface area contributed by atoms with Gasteiger partial charge < -0.3 is 9.47 Å². The third kappa shape index (κ3) is 1.70. The summed E-state index contributed by atoms with van der Waals surface area (Å²) in [7, 11) is 0. The summed E-state index contributed by atoms with van der Waals surface area (Å²) in [4.78, 5) is 0. The molecule has 0 radical (unpaired) electrons. The van der Waals surface area contributed by atoms with Gasteiger partial charge in [-0.05, 0) is 32.6 Å². The van der Waals surface area contributed by atoms with E-state index in [9.17, 15) is 0 Å². The van der Waals surface area contributed by atoms with Crippen molar-refractivity contribution < 1.29 is 9.47 Å². The maximum atomic E-state index is 6.17. The number of hydrogen-bond donors (Lipinski definition) is 0. The second-order valence-electron chi connectivity index (χ2n) is 5.46. The lowest BCUT2D eigenvalue weighted by atomic mass is 9.79. The first-order valence-electron chi connectivity index (χ1n) is 5.85. The molecule has 2 fully saturated rings. The molecule has 2 nitrogen and oxygen atoms in total. The molecular weight excluding hydrogens is 176 g/mol. The van der Waals surface area contributed by atoms with Gasteiger partial charge in [-0.3, -0.25) is 0 Å². The van der Waals surface area contributed by atoms with Crippen molar-refractivity contribution in [1.82, 2.24) is 0 Å². The van der Waals surface area contributed by atoms with Gasteiger partial charge in [-0.2, -0.15) is 0 Å². The maximum Gasteiger partial charge on any atom is 0.169 e. The third-order valence-electron chi connectivity index (χ3n) is 3.55. The van der Waals surface area contributed by atoms with Crippen molar-refractivity contribution >= 4 is 0 Å². The lowest BCUT2D eigenvalue weighted by Crippen LogP contribution is -2.57. The average Bonchev–Trinajstić information content (AvgIpc) is 1.99. The second-order valence-corrected chi connectivity index (χ2v) is 5.46. The molecule has 0 amide bonds. The summed E-state index contributed by atoms with van der Waals surface area (Å²) in [5.41, 5.74) is 0.0609. The van der Waals surface area contributed by atoms with Crippen molar-refractivity contribution in [2.75, 3.05) is 0 Å². The van der Waals surface area contributed by atoms with Crippen LogP contribution in [0.3, 0.4) is 0 Å². The summed E-state index contributed by atoms with van der Waals surface area (Å²) in [6, 6.07) is 0. The Morgan fingerprint density at radius 2 is 1.93 bits per heavy atom. The summed E-state index contributed by atoms with van der Waals surface area (Å²) < 4.78 is 12.2. The Hall–Kier alpha value is -0.0800. The van der Waals surface area contributed by atoms with E-state index in [2.05, 4.69) is 27.7 Å². The number of rotatable bonds is 1. The fourth-order valence-electron chi connectivity index (χ4n) is 3.39. The highest BCUT2D eigenvalue weighted by Gasteiger charge is 2.50. The highest BCUT2D eigenvalue weighted by Crippen LogP contribution is 2.47.